The van der Waals surface area contributed by atoms with Crippen LogP contribution < -0.4 is 5.32 Å². The molecule has 0 aliphatic rings. The molecule has 0 bridgehead atoms. The summed E-state index contributed by atoms with van der Waals surface area (Å²) >= 11 is 0. The minimum Gasteiger partial charge on any atom is -0.385 e. The zero-order valence-corrected chi connectivity index (χ0v) is 9.78. The van der Waals surface area contributed by atoms with Gasteiger partial charge in [0.2, 0.25) is 0 Å². The van der Waals surface area contributed by atoms with Gasteiger partial charge in [-0.1, -0.05) is 13.8 Å². The van der Waals surface area contributed by atoms with Crippen LogP contribution in [0.25, 0.3) is 0 Å². The lowest BCUT2D eigenvalue weighted by molar-refractivity contribution is 0.0910. The molecule has 0 aliphatic heterocycles. The number of tetrazole rings is 1. The number of amides is 1. The zero-order chi connectivity index (χ0) is 12.0. The maximum atomic E-state index is 11.5. The maximum absolute atomic E-state index is 11.5. The molecule has 1 aromatic rings. The first-order chi connectivity index (χ1) is 7.55. The van der Waals surface area contributed by atoms with E-state index < -0.39 is 0 Å². The third-order valence-electron chi connectivity index (χ3n) is 2.26. The first kappa shape index (κ1) is 12.6. The zero-order valence-electron chi connectivity index (χ0n) is 9.78. The fraction of sp³-hybridized carbons (Fsp3) is 0.778. The van der Waals surface area contributed by atoms with Crippen LogP contribution in [-0.2, 0) is 4.74 Å². The molecule has 2 N–H and O–H groups in total. The van der Waals surface area contributed by atoms with Crippen LogP contribution in [0.3, 0.4) is 0 Å². The van der Waals surface area contributed by atoms with Crippen LogP contribution in [0.4, 0.5) is 0 Å². The standard InChI is InChI=1S/C9H17N5O2/c1-9(2,4-5-16-3)6-10-8(15)7-11-13-14-12-7/h4-6H2,1-3H3,(H,10,15)(H,11,12,13,14). The number of rotatable bonds is 6. The molecule has 7 nitrogen and oxygen atoms in total. The summed E-state index contributed by atoms with van der Waals surface area (Å²) in [5.41, 5.74) is -0.0184. The van der Waals surface area contributed by atoms with E-state index in [1.807, 2.05) is 0 Å². The highest BCUT2D eigenvalue weighted by molar-refractivity contribution is 5.90. The Kier molecular flexibility index (Phi) is 4.36. The van der Waals surface area contributed by atoms with Crippen LogP contribution >= 0.6 is 0 Å². The third kappa shape index (κ3) is 3.93. The van der Waals surface area contributed by atoms with Gasteiger partial charge in [-0.25, -0.2) is 0 Å². The van der Waals surface area contributed by atoms with Gasteiger partial charge >= 0.3 is 0 Å². The minimum atomic E-state index is -0.320. The number of ether oxygens (including phenoxy) is 1. The SMILES string of the molecule is COCCC(C)(C)CNC(=O)c1nn[nH]n1. The number of carbonyl (C=O) groups is 1. The van der Waals surface area contributed by atoms with Crippen molar-refractivity contribution < 1.29 is 9.53 Å². The monoisotopic (exact) mass is 227 g/mol. The van der Waals surface area contributed by atoms with E-state index in [0.29, 0.717) is 13.2 Å². The molecule has 0 radical (unpaired) electrons. The second-order valence-corrected chi connectivity index (χ2v) is 4.33. The second-order valence-electron chi connectivity index (χ2n) is 4.33. The fourth-order valence-electron chi connectivity index (χ4n) is 1.12. The number of aromatic nitrogens is 4. The summed E-state index contributed by atoms with van der Waals surface area (Å²) in [7, 11) is 1.66. The number of carbonyl (C=O) groups excluding carboxylic acids is 1. The lowest BCUT2D eigenvalue weighted by Crippen LogP contribution is -2.35. The molecule has 1 aromatic heterocycles. The van der Waals surface area contributed by atoms with Gasteiger partial charge in [0, 0.05) is 20.3 Å². The number of H-pyrrole nitrogens is 1. The first-order valence-corrected chi connectivity index (χ1v) is 5.06. The predicted octanol–water partition coefficient (Wildman–Crippen LogP) is -0.00780. The van der Waals surface area contributed by atoms with Gasteiger partial charge in [0.1, 0.15) is 0 Å². The molecule has 7 heteroatoms. The number of hydrogen-bond donors (Lipinski definition) is 2. The highest BCUT2D eigenvalue weighted by Gasteiger charge is 2.20. The van der Waals surface area contributed by atoms with Crippen LogP contribution in [0.15, 0.2) is 0 Å². The van der Waals surface area contributed by atoms with Crippen molar-refractivity contribution in [1.82, 2.24) is 25.9 Å². The van der Waals surface area contributed by atoms with Crippen molar-refractivity contribution in [3.8, 4) is 0 Å². The van der Waals surface area contributed by atoms with E-state index in [-0.39, 0.29) is 17.1 Å². The number of methoxy groups -OCH3 is 1. The van der Waals surface area contributed by atoms with Crippen molar-refractivity contribution in [1.29, 1.82) is 0 Å². The summed E-state index contributed by atoms with van der Waals surface area (Å²) in [4.78, 5) is 11.5. The highest BCUT2D eigenvalue weighted by atomic mass is 16.5. The van der Waals surface area contributed by atoms with Crippen molar-refractivity contribution in [2.24, 2.45) is 5.41 Å². The molecular formula is C9H17N5O2. The molecule has 1 heterocycles. The number of nitrogens with one attached hydrogen (secondary N) is 2. The Morgan fingerprint density at radius 3 is 2.88 bits per heavy atom. The molecule has 90 valence electrons. The summed E-state index contributed by atoms with van der Waals surface area (Å²) in [5.74, 6) is -0.262. The average molecular weight is 227 g/mol. The summed E-state index contributed by atoms with van der Waals surface area (Å²) in [6.45, 7) is 5.33. The van der Waals surface area contributed by atoms with Crippen LogP contribution in [0.5, 0.6) is 0 Å². The van der Waals surface area contributed by atoms with E-state index in [1.165, 1.54) is 0 Å². The second kappa shape index (κ2) is 5.55. The van der Waals surface area contributed by atoms with Crippen molar-refractivity contribution in [2.45, 2.75) is 20.3 Å². The van der Waals surface area contributed by atoms with Crippen LogP contribution in [0, 0.1) is 5.41 Å². The maximum Gasteiger partial charge on any atom is 0.292 e. The predicted molar refractivity (Wildman–Crippen MR) is 56.8 cm³/mol. The van der Waals surface area contributed by atoms with E-state index in [9.17, 15) is 4.79 Å². The summed E-state index contributed by atoms with van der Waals surface area (Å²) in [5, 5.41) is 15.5. The number of hydrogen-bond acceptors (Lipinski definition) is 5. The molecule has 0 fully saturated rings. The quantitative estimate of drug-likeness (QED) is 0.713. The van der Waals surface area contributed by atoms with Gasteiger partial charge in [0.15, 0.2) is 0 Å². The van der Waals surface area contributed by atoms with Crippen molar-refractivity contribution in [3.63, 3.8) is 0 Å². The molecule has 16 heavy (non-hydrogen) atoms. The van der Waals surface area contributed by atoms with E-state index in [2.05, 4.69) is 39.8 Å². The van der Waals surface area contributed by atoms with Gasteiger partial charge in [-0.2, -0.15) is 5.21 Å². The smallest absolute Gasteiger partial charge is 0.292 e. The largest absolute Gasteiger partial charge is 0.385 e. The molecule has 0 spiro atoms. The van der Waals surface area contributed by atoms with E-state index in [0.717, 1.165) is 6.42 Å². The fourth-order valence-corrected chi connectivity index (χ4v) is 1.12. The van der Waals surface area contributed by atoms with Crippen LogP contribution in [0.2, 0.25) is 0 Å². The summed E-state index contributed by atoms with van der Waals surface area (Å²) in [6.07, 6.45) is 0.871. The molecule has 0 saturated heterocycles. The Hall–Kier alpha value is -1.50. The number of nitrogens with zero attached hydrogens (tertiary/aromatic N) is 3. The molecule has 0 aliphatic carbocycles. The Labute approximate surface area is 93.9 Å². The molecule has 0 aromatic carbocycles. The van der Waals surface area contributed by atoms with Gasteiger partial charge in [-0.3, -0.25) is 4.79 Å². The average Bonchev–Trinajstić information content (AvgIpc) is 2.77. The minimum absolute atomic E-state index is 0.0184. The number of aromatic amines is 1. The highest BCUT2D eigenvalue weighted by Crippen LogP contribution is 2.18. The Morgan fingerprint density at radius 2 is 2.31 bits per heavy atom. The summed E-state index contributed by atoms with van der Waals surface area (Å²) < 4.78 is 5.00. The molecular weight excluding hydrogens is 210 g/mol. The van der Waals surface area contributed by atoms with Crippen LogP contribution in [0.1, 0.15) is 30.9 Å². The van der Waals surface area contributed by atoms with Gasteiger partial charge < -0.3 is 10.1 Å². The van der Waals surface area contributed by atoms with E-state index >= 15 is 0 Å². The van der Waals surface area contributed by atoms with Gasteiger partial charge in [-0.15, -0.1) is 10.2 Å². The third-order valence-corrected chi connectivity index (χ3v) is 2.26. The molecule has 0 atom stereocenters. The lowest BCUT2D eigenvalue weighted by Gasteiger charge is -2.24. The van der Waals surface area contributed by atoms with Gasteiger partial charge in [-0.05, 0) is 17.0 Å². The molecule has 0 saturated carbocycles. The van der Waals surface area contributed by atoms with Gasteiger partial charge in [0.05, 0.1) is 0 Å². The van der Waals surface area contributed by atoms with E-state index in [1.54, 1.807) is 7.11 Å². The molecule has 0 unspecified atom stereocenters. The Balaban J connectivity index is 2.36. The topological polar surface area (TPSA) is 92.8 Å². The first-order valence-electron chi connectivity index (χ1n) is 5.06. The molecule has 1 amide bonds. The Morgan fingerprint density at radius 1 is 1.56 bits per heavy atom. The summed E-state index contributed by atoms with van der Waals surface area (Å²) in [6, 6.07) is 0. The van der Waals surface area contributed by atoms with Crippen molar-refractivity contribution >= 4 is 5.91 Å². The Bertz CT molecular complexity index is 323. The van der Waals surface area contributed by atoms with Crippen molar-refractivity contribution in [2.75, 3.05) is 20.3 Å². The molecule has 1 rings (SSSR count). The van der Waals surface area contributed by atoms with Gasteiger partial charge in [0.25, 0.3) is 11.7 Å². The normalized spacial score (nSPS) is 11.4. The van der Waals surface area contributed by atoms with Crippen molar-refractivity contribution in [3.05, 3.63) is 5.82 Å². The van der Waals surface area contributed by atoms with E-state index in [4.69, 9.17) is 4.74 Å². The lowest BCUT2D eigenvalue weighted by atomic mass is 9.90. The van der Waals surface area contributed by atoms with Crippen LogP contribution in [-0.4, -0.2) is 46.8 Å².